The van der Waals surface area contributed by atoms with Gasteiger partial charge in [-0.25, -0.2) is 9.97 Å². The van der Waals surface area contributed by atoms with Crippen molar-refractivity contribution < 1.29 is 9.47 Å². The monoisotopic (exact) mass is 258 g/mol. The van der Waals surface area contributed by atoms with Crippen molar-refractivity contribution in [3.8, 4) is 23.0 Å². The topological polar surface area (TPSA) is 65.0 Å². The fourth-order valence-corrected chi connectivity index (χ4v) is 2.04. The van der Waals surface area contributed by atoms with Crippen LogP contribution in [0, 0.1) is 0 Å². The van der Waals surface area contributed by atoms with Crippen molar-refractivity contribution in [2.24, 2.45) is 7.05 Å². The zero-order chi connectivity index (χ0) is 13.4. The van der Waals surface area contributed by atoms with Gasteiger partial charge < -0.3 is 19.0 Å². The Morgan fingerprint density at radius 3 is 2.53 bits per heavy atom. The van der Waals surface area contributed by atoms with E-state index in [1.165, 1.54) is 0 Å². The highest BCUT2D eigenvalue weighted by atomic mass is 16.5. The Morgan fingerprint density at radius 1 is 1.16 bits per heavy atom. The number of aromatic nitrogens is 4. The van der Waals surface area contributed by atoms with Crippen LogP contribution in [-0.4, -0.2) is 33.7 Å². The van der Waals surface area contributed by atoms with Crippen LogP contribution < -0.4 is 9.47 Å². The smallest absolute Gasteiger partial charge is 0.163 e. The Labute approximate surface area is 110 Å². The molecule has 3 rings (SSSR count). The Hall–Kier alpha value is -2.50. The van der Waals surface area contributed by atoms with Crippen LogP contribution in [0.25, 0.3) is 22.6 Å². The van der Waals surface area contributed by atoms with Crippen molar-refractivity contribution in [3.63, 3.8) is 0 Å². The molecule has 1 aromatic carbocycles. The van der Waals surface area contributed by atoms with Crippen molar-refractivity contribution >= 4 is 11.0 Å². The first kappa shape index (κ1) is 11.6. The Bertz CT molecular complexity index is 688. The van der Waals surface area contributed by atoms with Gasteiger partial charge in [0, 0.05) is 19.2 Å². The van der Waals surface area contributed by atoms with Crippen LogP contribution in [0.15, 0.2) is 24.7 Å². The number of nitrogens with zero attached hydrogens (tertiary/aromatic N) is 3. The number of ether oxygens (including phenoxy) is 2. The van der Waals surface area contributed by atoms with Gasteiger partial charge in [-0.15, -0.1) is 0 Å². The summed E-state index contributed by atoms with van der Waals surface area (Å²) in [7, 11) is 5.15. The fourth-order valence-electron chi connectivity index (χ4n) is 2.04. The predicted molar refractivity (Wildman–Crippen MR) is 71.4 cm³/mol. The van der Waals surface area contributed by atoms with Gasteiger partial charge in [-0.2, -0.15) is 0 Å². The highest BCUT2D eigenvalue weighted by Gasteiger charge is 2.12. The molecule has 1 N–H and O–H groups in total. The molecular weight excluding hydrogens is 244 g/mol. The molecule has 0 aliphatic carbocycles. The normalized spacial score (nSPS) is 10.9. The molecule has 0 unspecified atom stereocenters. The van der Waals surface area contributed by atoms with E-state index in [0.29, 0.717) is 11.5 Å². The predicted octanol–water partition coefficient (Wildman–Crippen LogP) is 1.98. The van der Waals surface area contributed by atoms with Crippen LogP contribution in [0.1, 0.15) is 0 Å². The number of imidazole rings is 2. The van der Waals surface area contributed by atoms with Gasteiger partial charge >= 0.3 is 0 Å². The summed E-state index contributed by atoms with van der Waals surface area (Å²) in [4.78, 5) is 11.9. The maximum absolute atomic E-state index is 5.28. The highest BCUT2D eigenvalue weighted by Crippen LogP contribution is 2.32. The summed E-state index contributed by atoms with van der Waals surface area (Å²) in [5.41, 5.74) is 2.65. The fraction of sp³-hybridized carbons (Fsp3) is 0.231. The van der Waals surface area contributed by atoms with Gasteiger partial charge in [0.1, 0.15) is 5.69 Å². The van der Waals surface area contributed by atoms with E-state index in [1.807, 2.05) is 23.7 Å². The van der Waals surface area contributed by atoms with Crippen LogP contribution in [-0.2, 0) is 7.05 Å². The van der Waals surface area contributed by atoms with Crippen LogP contribution >= 0.6 is 0 Å². The second kappa shape index (κ2) is 4.31. The first-order chi connectivity index (χ1) is 9.22. The first-order valence-corrected chi connectivity index (χ1v) is 5.81. The quantitative estimate of drug-likeness (QED) is 0.780. The van der Waals surface area contributed by atoms with E-state index in [1.54, 1.807) is 26.7 Å². The molecule has 19 heavy (non-hydrogen) atoms. The molecule has 0 fully saturated rings. The lowest BCUT2D eigenvalue weighted by molar-refractivity contribution is 0.356. The summed E-state index contributed by atoms with van der Waals surface area (Å²) in [5.74, 6) is 2.11. The number of fused-ring (bicyclic) bond motifs is 1. The van der Waals surface area contributed by atoms with Gasteiger partial charge in [-0.05, 0) is 0 Å². The molecule has 6 nitrogen and oxygen atoms in total. The summed E-state index contributed by atoms with van der Waals surface area (Å²) in [6, 6.07) is 3.73. The summed E-state index contributed by atoms with van der Waals surface area (Å²) in [6.45, 7) is 0. The second-order valence-electron chi connectivity index (χ2n) is 4.20. The van der Waals surface area contributed by atoms with E-state index in [-0.39, 0.29) is 0 Å². The van der Waals surface area contributed by atoms with Crippen LogP contribution in [0.5, 0.6) is 11.5 Å². The zero-order valence-corrected chi connectivity index (χ0v) is 11.0. The highest BCUT2D eigenvalue weighted by molar-refractivity contribution is 5.82. The van der Waals surface area contributed by atoms with Gasteiger partial charge in [0.15, 0.2) is 17.3 Å². The SMILES string of the molecule is COc1cc2nc(-c3cncn3C)[nH]c2cc1OC. The lowest BCUT2D eigenvalue weighted by atomic mass is 10.3. The second-order valence-corrected chi connectivity index (χ2v) is 4.20. The number of rotatable bonds is 3. The van der Waals surface area contributed by atoms with Crippen LogP contribution in [0.2, 0.25) is 0 Å². The molecule has 0 atom stereocenters. The van der Waals surface area contributed by atoms with E-state index in [2.05, 4.69) is 15.0 Å². The molecule has 0 saturated heterocycles. The summed E-state index contributed by atoms with van der Waals surface area (Å²) >= 11 is 0. The number of H-pyrrole nitrogens is 1. The van der Waals surface area contributed by atoms with E-state index in [9.17, 15) is 0 Å². The maximum atomic E-state index is 5.28. The molecular formula is C13H14N4O2. The molecule has 0 aliphatic rings. The molecule has 6 heteroatoms. The van der Waals surface area contributed by atoms with E-state index < -0.39 is 0 Å². The lowest BCUT2D eigenvalue weighted by Gasteiger charge is -2.06. The van der Waals surface area contributed by atoms with Gasteiger partial charge in [0.05, 0.1) is 37.8 Å². The van der Waals surface area contributed by atoms with Gasteiger partial charge in [-0.3, -0.25) is 0 Å². The maximum Gasteiger partial charge on any atom is 0.163 e. The Kier molecular flexibility index (Phi) is 2.63. The van der Waals surface area contributed by atoms with Crippen molar-refractivity contribution in [2.75, 3.05) is 14.2 Å². The minimum atomic E-state index is 0.665. The van der Waals surface area contributed by atoms with Gasteiger partial charge in [-0.1, -0.05) is 0 Å². The average Bonchev–Trinajstić information content (AvgIpc) is 3.01. The standard InChI is InChI=1S/C13H14N4O2/c1-17-7-14-6-10(17)13-15-8-4-11(18-2)12(19-3)5-9(8)16-13/h4-7H,1-3H3,(H,15,16). The van der Waals surface area contributed by atoms with Crippen molar-refractivity contribution in [1.82, 2.24) is 19.5 Å². The van der Waals surface area contributed by atoms with E-state index in [4.69, 9.17) is 9.47 Å². The van der Waals surface area contributed by atoms with Crippen molar-refractivity contribution in [1.29, 1.82) is 0 Å². The summed E-state index contributed by atoms with van der Waals surface area (Å²) < 4.78 is 12.5. The van der Waals surface area contributed by atoms with Crippen LogP contribution in [0.4, 0.5) is 0 Å². The summed E-state index contributed by atoms with van der Waals surface area (Å²) in [6.07, 6.45) is 3.51. The molecule has 2 heterocycles. The number of methoxy groups -OCH3 is 2. The molecule has 3 aromatic rings. The third-order valence-corrected chi connectivity index (χ3v) is 3.05. The molecule has 0 radical (unpaired) electrons. The van der Waals surface area contributed by atoms with E-state index >= 15 is 0 Å². The average molecular weight is 258 g/mol. The third kappa shape index (κ3) is 1.81. The molecule has 0 aliphatic heterocycles. The number of hydrogen-bond donors (Lipinski definition) is 1. The van der Waals surface area contributed by atoms with E-state index in [0.717, 1.165) is 22.6 Å². The lowest BCUT2D eigenvalue weighted by Crippen LogP contribution is -1.90. The molecule has 98 valence electrons. The Balaban J connectivity index is 2.18. The van der Waals surface area contributed by atoms with Crippen molar-refractivity contribution in [2.45, 2.75) is 0 Å². The largest absolute Gasteiger partial charge is 0.493 e. The molecule has 0 saturated carbocycles. The zero-order valence-electron chi connectivity index (χ0n) is 11.0. The number of aryl methyl sites for hydroxylation is 1. The van der Waals surface area contributed by atoms with Crippen LogP contribution in [0.3, 0.4) is 0 Å². The molecule has 2 aromatic heterocycles. The molecule has 0 spiro atoms. The van der Waals surface area contributed by atoms with Crippen molar-refractivity contribution in [3.05, 3.63) is 24.7 Å². The summed E-state index contributed by atoms with van der Waals surface area (Å²) in [5, 5.41) is 0. The number of nitrogens with one attached hydrogen (secondary N) is 1. The van der Waals surface area contributed by atoms with Gasteiger partial charge in [0.25, 0.3) is 0 Å². The number of hydrogen-bond acceptors (Lipinski definition) is 4. The first-order valence-electron chi connectivity index (χ1n) is 5.81. The third-order valence-electron chi connectivity index (χ3n) is 3.05. The molecule has 0 amide bonds. The minimum absolute atomic E-state index is 0.665. The number of benzene rings is 1. The Morgan fingerprint density at radius 2 is 1.89 bits per heavy atom. The van der Waals surface area contributed by atoms with Gasteiger partial charge in [0.2, 0.25) is 0 Å². The molecule has 0 bridgehead atoms. The number of aromatic amines is 1. The minimum Gasteiger partial charge on any atom is -0.493 e.